The smallest absolute Gasteiger partial charge is 0.0642 e. The zero-order valence-corrected chi connectivity index (χ0v) is 12.8. The van der Waals surface area contributed by atoms with Crippen LogP contribution in [0.15, 0.2) is 18.2 Å². The molecule has 2 heteroatoms. The average Bonchev–Trinajstić information content (AvgIpc) is 2.42. The van der Waals surface area contributed by atoms with Crippen molar-refractivity contribution in [3.63, 3.8) is 0 Å². The Hall–Kier alpha value is -1.02. The Morgan fingerprint density at radius 2 is 1.84 bits per heavy atom. The lowest BCUT2D eigenvalue weighted by atomic mass is 9.89. The van der Waals surface area contributed by atoms with Gasteiger partial charge < -0.3 is 9.64 Å². The summed E-state index contributed by atoms with van der Waals surface area (Å²) in [7, 11) is 0. The fourth-order valence-electron chi connectivity index (χ4n) is 2.48. The van der Waals surface area contributed by atoms with E-state index >= 15 is 0 Å². The molecule has 19 heavy (non-hydrogen) atoms. The first kappa shape index (κ1) is 14.4. The van der Waals surface area contributed by atoms with Crippen molar-refractivity contribution in [2.45, 2.75) is 34.1 Å². The number of nitrogens with zero attached hydrogens (tertiary/aromatic N) is 1. The van der Waals surface area contributed by atoms with Gasteiger partial charge in [0, 0.05) is 18.8 Å². The summed E-state index contributed by atoms with van der Waals surface area (Å²) in [5, 5.41) is 0. The predicted octanol–water partition coefficient (Wildman–Crippen LogP) is 3.67. The molecule has 2 rings (SSSR count). The maximum Gasteiger partial charge on any atom is 0.0642 e. The predicted molar refractivity (Wildman–Crippen MR) is 81.9 cm³/mol. The molecule has 106 valence electrons. The van der Waals surface area contributed by atoms with Gasteiger partial charge in [0.25, 0.3) is 0 Å². The Labute approximate surface area is 117 Å². The summed E-state index contributed by atoms with van der Waals surface area (Å²) >= 11 is 0. The van der Waals surface area contributed by atoms with Crippen LogP contribution in [0.2, 0.25) is 0 Å². The topological polar surface area (TPSA) is 12.5 Å². The van der Waals surface area contributed by atoms with E-state index in [1.165, 1.54) is 23.2 Å². The zero-order valence-electron chi connectivity index (χ0n) is 12.8. The number of morpholine rings is 1. The van der Waals surface area contributed by atoms with Gasteiger partial charge in [0.05, 0.1) is 13.2 Å². The van der Waals surface area contributed by atoms with Gasteiger partial charge in [0.2, 0.25) is 0 Å². The third kappa shape index (κ3) is 3.73. The minimum atomic E-state index is 0.735. The Morgan fingerprint density at radius 3 is 2.47 bits per heavy atom. The second kappa shape index (κ2) is 6.42. The van der Waals surface area contributed by atoms with Gasteiger partial charge >= 0.3 is 0 Å². The van der Waals surface area contributed by atoms with Crippen LogP contribution in [0, 0.1) is 18.8 Å². The maximum absolute atomic E-state index is 5.43. The first-order valence-corrected chi connectivity index (χ1v) is 7.50. The molecular weight excluding hydrogens is 234 g/mol. The van der Waals surface area contributed by atoms with Crippen LogP contribution in [0.4, 0.5) is 5.69 Å². The van der Waals surface area contributed by atoms with E-state index in [2.05, 4.69) is 50.8 Å². The number of benzene rings is 1. The monoisotopic (exact) mass is 261 g/mol. The van der Waals surface area contributed by atoms with E-state index in [0.29, 0.717) is 0 Å². The number of hydrogen-bond acceptors (Lipinski definition) is 2. The quantitative estimate of drug-likeness (QED) is 0.820. The summed E-state index contributed by atoms with van der Waals surface area (Å²) in [6, 6.07) is 6.91. The first-order chi connectivity index (χ1) is 9.08. The fourth-order valence-corrected chi connectivity index (χ4v) is 2.48. The van der Waals surface area contributed by atoms with E-state index in [4.69, 9.17) is 4.74 Å². The SMILES string of the molecule is Cc1ccc(N2CCOCC2)cc1CC(C)C(C)C. The third-order valence-electron chi connectivity index (χ3n) is 4.39. The van der Waals surface area contributed by atoms with Gasteiger partial charge in [-0.2, -0.15) is 0 Å². The van der Waals surface area contributed by atoms with Gasteiger partial charge in [-0.3, -0.25) is 0 Å². The van der Waals surface area contributed by atoms with Crippen LogP contribution in [0.25, 0.3) is 0 Å². The molecule has 1 fully saturated rings. The molecule has 1 saturated heterocycles. The van der Waals surface area contributed by atoms with Gasteiger partial charge in [-0.25, -0.2) is 0 Å². The van der Waals surface area contributed by atoms with Gasteiger partial charge in [-0.1, -0.05) is 26.8 Å². The summed E-state index contributed by atoms with van der Waals surface area (Å²) in [5.74, 6) is 1.48. The number of anilines is 1. The summed E-state index contributed by atoms with van der Waals surface area (Å²) in [6.07, 6.45) is 1.18. The maximum atomic E-state index is 5.43. The minimum absolute atomic E-state index is 0.735. The molecular formula is C17H27NO. The second-order valence-electron chi connectivity index (χ2n) is 6.14. The molecule has 1 aliphatic heterocycles. The van der Waals surface area contributed by atoms with Gasteiger partial charge in [0.15, 0.2) is 0 Å². The van der Waals surface area contributed by atoms with Crippen LogP contribution in [0.1, 0.15) is 31.9 Å². The number of ether oxygens (including phenoxy) is 1. The summed E-state index contributed by atoms with van der Waals surface area (Å²) in [5.41, 5.74) is 4.29. The van der Waals surface area contributed by atoms with Crippen molar-refractivity contribution in [3.05, 3.63) is 29.3 Å². The molecule has 0 aliphatic carbocycles. The van der Waals surface area contributed by atoms with E-state index in [1.807, 2.05) is 0 Å². The molecule has 1 heterocycles. The normalized spacial score (nSPS) is 17.8. The molecule has 1 aromatic rings. The van der Waals surface area contributed by atoms with Crippen molar-refractivity contribution < 1.29 is 4.74 Å². The van der Waals surface area contributed by atoms with E-state index in [0.717, 1.165) is 38.1 Å². The van der Waals surface area contributed by atoms with E-state index < -0.39 is 0 Å². The first-order valence-electron chi connectivity index (χ1n) is 7.50. The molecule has 2 nitrogen and oxygen atoms in total. The lowest BCUT2D eigenvalue weighted by Crippen LogP contribution is -2.36. The Balaban J connectivity index is 2.14. The number of aryl methyl sites for hydroxylation is 1. The Kier molecular flexibility index (Phi) is 4.87. The van der Waals surface area contributed by atoms with Crippen LogP contribution in [0.3, 0.4) is 0 Å². The van der Waals surface area contributed by atoms with Crippen molar-refractivity contribution in [2.24, 2.45) is 11.8 Å². The average molecular weight is 261 g/mol. The lowest BCUT2D eigenvalue weighted by molar-refractivity contribution is 0.122. The van der Waals surface area contributed by atoms with Gasteiger partial charge in [-0.05, 0) is 48.4 Å². The molecule has 1 atom stereocenters. The Morgan fingerprint density at radius 1 is 1.16 bits per heavy atom. The summed E-state index contributed by atoms with van der Waals surface area (Å²) in [6.45, 7) is 12.9. The molecule has 0 N–H and O–H groups in total. The highest BCUT2D eigenvalue weighted by Gasteiger charge is 2.14. The van der Waals surface area contributed by atoms with Crippen LogP contribution < -0.4 is 4.90 Å². The van der Waals surface area contributed by atoms with Crippen molar-refractivity contribution in [2.75, 3.05) is 31.2 Å². The van der Waals surface area contributed by atoms with Crippen LogP contribution in [-0.2, 0) is 11.2 Å². The highest BCUT2D eigenvalue weighted by atomic mass is 16.5. The minimum Gasteiger partial charge on any atom is -0.378 e. The van der Waals surface area contributed by atoms with E-state index in [-0.39, 0.29) is 0 Å². The molecule has 0 amide bonds. The molecule has 0 radical (unpaired) electrons. The molecule has 0 aromatic heterocycles. The largest absolute Gasteiger partial charge is 0.378 e. The third-order valence-corrected chi connectivity index (χ3v) is 4.39. The summed E-state index contributed by atoms with van der Waals surface area (Å²) < 4.78 is 5.43. The van der Waals surface area contributed by atoms with Crippen LogP contribution >= 0.6 is 0 Å². The van der Waals surface area contributed by atoms with Gasteiger partial charge in [0.1, 0.15) is 0 Å². The highest BCUT2D eigenvalue weighted by Crippen LogP contribution is 2.24. The Bertz CT molecular complexity index is 408. The second-order valence-corrected chi connectivity index (χ2v) is 6.14. The van der Waals surface area contributed by atoms with Crippen LogP contribution in [0.5, 0.6) is 0 Å². The highest BCUT2D eigenvalue weighted by molar-refractivity contribution is 5.51. The molecule has 0 bridgehead atoms. The molecule has 1 unspecified atom stereocenters. The zero-order chi connectivity index (χ0) is 13.8. The summed E-state index contributed by atoms with van der Waals surface area (Å²) in [4.78, 5) is 2.44. The van der Waals surface area contributed by atoms with E-state index in [9.17, 15) is 0 Å². The van der Waals surface area contributed by atoms with Crippen molar-refractivity contribution in [1.82, 2.24) is 0 Å². The van der Waals surface area contributed by atoms with E-state index in [1.54, 1.807) is 0 Å². The van der Waals surface area contributed by atoms with Crippen molar-refractivity contribution in [3.8, 4) is 0 Å². The number of hydrogen-bond donors (Lipinski definition) is 0. The van der Waals surface area contributed by atoms with Crippen molar-refractivity contribution >= 4 is 5.69 Å². The van der Waals surface area contributed by atoms with Gasteiger partial charge in [-0.15, -0.1) is 0 Å². The fraction of sp³-hybridized carbons (Fsp3) is 0.647. The number of rotatable bonds is 4. The van der Waals surface area contributed by atoms with Crippen LogP contribution in [-0.4, -0.2) is 26.3 Å². The lowest BCUT2D eigenvalue weighted by Gasteiger charge is -2.29. The molecule has 0 saturated carbocycles. The van der Waals surface area contributed by atoms with Crippen molar-refractivity contribution in [1.29, 1.82) is 0 Å². The standard InChI is InChI=1S/C17H27NO/c1-13(2)15(4)11-16-12-17(6-5-14(16)3)18-7-9-19-10-8-18/h5-6,12-13,15H,7-11H2,1-4H3. The molecule has 0 spiro atoms. The molecule has 1 aromatic carbocycles. The molecule has 1 aliphatic rings.